The molecule has 0 spiro atoms. The van der Waals surface area contributed by atoms with E-state index in [0.29, 0.717) is 6.54 Å². The quantitative estimate of drug-likeness (QED) is 0.800. The largest absolute Gasteiger partial charge is 0.395 e. The van der Waals surface area contributed by atoms with Crippen LogP contribution in [0.3, 0.4) is 0 Å². The van der Waals surface area contributed by atoms with Crippen molar-refractivity contribution in [2.24, 2.45) is 0 Å². The maximum absolute atomic E-state index is 8.81. The highest BCUT2D eigenvalue weighted by Gasteiger charge is 2.04. The van der Waals surface area contributed by atoms with Gasteiger partial charge in [-0.3, -0.25) is 0 Å². The second-order valence-electron chi connectivity index (χ2n) is 3.51. The molecule has 0 radical (unpaired) electrons. The van der Waals surface area contributed by atoms with Gasteiger partial charge in [-0.1, -0.05) is 0 Å². The first-order valence-electron chi connectivity index (χ1n) is 5.11. The van der Waals surface area contributed by atoms with E-state index in [4.69, 9.17) is 5.11 Å². The summed E-state index contributed by atoms with van der Waals surface area (Å²) in [5.41, 5.74) is 1.76. The fraction of sp³-hybridized carbons (Fsp3) is 0.273. The average molecular weight is 218 g/mol. The molecule has 2 N–H and O–H groups in total. The summed E-state index contributed by atoms with van der Waals surface area (Å²) in [5, 5.41) is 17.0. The normalized spacial score (nSPS) is 10.4. The number of aromatic nitrogens is 3. The Bertz CT molecular complexity index is 424. The maximum atomic E-state index is 8.81. The molecule has 0 fully saturated rings. The van der Waals surface area contributed by atoms with E-state index in [1.165, 1.54) is 0 Å². The van der Waals surface area contributed by atoms with Crippen LogP contribution in [0.25, 0.3) is 11.4 Å². The van der Waals surface area contributed by atoms with E-state index in [9.17, 15) is 0 Å². The summed E-state index contributed by atoms with van der Waals surface area (Å²) in [7, 11) is 1.87. The number of aliphatic hydroxyl groups excluding tert-OH is 1. The zero-order valence-corrected chi connectivity index (χ0v) is 9.09. The van der Waals surface area contributed by atoms with Crippen LogP contribution in [0.2, 0.25) is 0 Å². The third-order valence-electron chi connectivity index (χ3n) is 2.35. The van der Waals surface area contributed by atoms with Crippen molar-refractivity contribution >= 4 is 5.82 Å². The van der Waals surface area contributed by atoms with Gasteiger partial charge in [0.25, 0.3) is 0 Å². The standard InChI is InChI=1S/C11H14N4O/c1-15(7-8-16)11-5-4-10(13-14-11)9-3-2-6-12-9/h2-6,12,16H,7-8H2,1H3. The van der Waals surface area contributed by atoms with Crippen LogP contribution in [0, 0.1) is 0 Å². The molecule has 0 saturated carbocycles. The van der Waals surface area contributed by atoms with Gasteiger partial charge in [-0.25, -0.2) is 0 Å². The van der Waals surface area contributed by atoms with Gasteiger partial charge in [0, 0.05) is 19.8 Å². The lowest BCUT2D eigenvalue weighted by Gasteiger charge is -2.15. The SMILES string of the molecule is CN(CCO)c1ccc(-c2ccc[nH]2)nn1. The lowest BCUT2D eigenvalue weighted by molar-refractivity contribution is 0.303. The Morgan fingerprint density at radius 1 is 1.31 bits per heavy atom. The van der Waals surface area contributed by atoms with Gasteiger partial charge in [-0.15, -0.1) is 10.2 Å². The van der Waals surface area contributed by atoms with Crippen molar-refractivity contribution < 1.29 is 5.11 Å². The number of nitrogens with zero attached hydrogens (tertiary/aromatic N) is 3. The Morgan fingerprint density at radius 2 is 2.19 bits per heavy atom. The molecule has 0 amide bonds. The fourth-order valence-electron chi connectivity index (χ4n) is 1.43. The number of likely N-dealkylation sites (N-methyl/N-ethyl adjacent to an activating group) is 1. The maximum Gasteiger partial charge on any atom is 0.151 e. The lowest BCUT2D eigenvalue weighted by Crippen LogP contribution is -2.22. The summed E-state index contributed by atoms with van der Waals surface area (Å²) >= 11 is 0. The number of nitrogens with one attached hydrogen (secondary N) is 1. The van der Waals surface area contributed by atoms with Crippen LogP contribution < -0.4 is 4.90 Å². The summed E-state index contributed by atoms with van der Waals surface area (Å²) in [6, 6.07) is 7.66. The summed E-state index contributed by atoms with van der Waals surface area (Å²) in [6.07, 6.45) is 1.85. The molecule has 0 atom stereocenters. The molecule has 84 valence electrons. The Hall–Kier alpha value is -1.88. The summed E-state index contributed by atoms with van der Waals surface area (Å²) in [4.78, 5) is 4.92. The third kappa shape index (κ3) is 2.20. The molecule has 0 aliphatic heterocycles. The highest BCUT2D eigenvalue weighted by Crippen LogP contribution is 2.15. The third-order valence-corrected chi connectivity index (χ3v) is 2.35. The summed E-state index contributed by atoms with van der Waals surface area (Å²) < 4.78 is 0. The first-order chi connectivity index (χ1) is 7.81. The zero-order valence-electron chi connectivity index (χ0n) is 9.09. The number of H-pyrrole nitrogens is 1. The molecule has 2 rings (SSSR count). The Labute approximate surface area is 93.8 Å². The predicted molar refractivity (Wildman–Crippen MR) is 62.2 cm³/mol. The molecular formula is C11H14N4O. The van der Waals surface area contributed by atoms with Crippen molar-refractivity contribution in [3.05, 3.63) is 30.5 Å². The van der Waals surface area contributed by atoms with Crippen molar-refractivity contribution in [2.75, 3.05) is 25.1 Å². The van der Waals surface area contributed by atoms with Crippen LogP contribution in [0.1, 0.15) is 0 Å². The number of hydrogen-bond donors (Lipinski definition) is 2. The highest BCUT2D eigenvalue weighted by molar-refractivity contribution is 5.55. The topological polar surface area (TPSA) is 65.0 Å². The van der Waals surface area contributed by atoms with Gasteiger partial charge in [0.2, 0.25) is 0 Å². The monoisotopic (exact) mass is 218 g/mol. The molecule has 0 saturated heterocycles. The molecule has 2 heterocycles. The van der Waals surface area contributed by atoms with Crippen LogP contribution in [0.5, 0.6) is 0 Å². The van der Waals surface area contributed by atoms with E-state index in [2.05, 4.69) is 15.2 Å². The molecule has 0 aromatic carbocycles. The number of aromatic amines is 1. The van der Waals surface area contributed by atoms with Crippen LogP contribution in [-0.4, -0.2) is 40.5 Å². The van der Waals surface area contributed by atoms with Crippen LogP contribution in [-0.2, 0) is 0 Å². The second kappa shape index (κ2) is 4.76. The molecule has 5 nitrogen and oxygen atoms in total. The zero-order chi connectivity index (χ0) is 11.4. The smallest absolute Gasteiger partial charge is 0.151 e. The number of aliphatic hydroxyl groups is 1. The van der Waals surface area contributed by atoms with Crippen LogP contribution in [0.15, 0.2) is 30.5 Å². The van der Waals surface area contributed by atoms with Crippen molar-refractivity contribution in [1.29, 1.82) is 0 Å². The first kappa shape index (κ1) is 10.6. The van der Waals surface area contributed by atoms with E-state index in [1.54, 1.807) is 0 Å². The molecule has 0 bridgehead atoms. The molecule has 0 unspecified atom stereocenters. The summed E-state index contributed by atoms with van der Waals surface area (Å²) in [6.45, 7) is 0.660. The Kier molecular flexibility index (Phi) is 3.16. The van der Waals surface area contributed by atoms with Gasteiger partial charge in [-0.2, -0.15) is 0 Å². The Balaban J connectivity index is 2.16. The molecule has 2 aromatic heterocycles. The molecule has 0 aliphatic rings. The minimum Gasteiger partial charge on any atom is -0.395 e. The van der Waals surface area contributed by atoms with Gasteiger partial charge in [-0.05, 0) is 24.3 Å². The number of hydrogen-bond acceptors (Lipinski definition) is 4. The molecule has 5 heteroatoms. The number of rotatable bonds is 4. The van der Waals surface area contributed by atoms with Crippen molar-refractivity contribution in [3.8, 4) is 11.4 Å². The average Bonchev–Trinajstić information content (AvgIpc) is 2.83. The molecule has 2 aromatic rings. The lowest BCUT2D eigenvalue weighted by atomic mass is 10.3. The van der Waals surface area contributed by atoms with Crippen LogP contribution in [0.4, 0.5) is 5.82 Å². The van der Waals surface area contributed by atoms with Crippen molar-refractivity contribution in [2.45, 2.75) is 0 Å². The Morgan fingerprint density at radius 3 is 2.75 bits per heavy atom. The van der Waals surface area contributed by atoms with E-state index < -0.39 is 0 Å². The van der Waals surface area contributed by atoms with E-state index >= 15 is 0 Å². The van der Waals surface area contributed by atoms with E-state index in [1.807, 2.05) is 42.4 Å². The minimum absolute atomic E-state index is 0.108. The minimum atomic E-state index is 0.108. The fourth-order valence-corrected chi connectivity index (χ4v) is 1.43. The van der Waals surface area contributed by atoms with Gasteiger partial charge < -0.3 is 15.0 Å². The summed E-state index contributed by atoms with van der Waals surface area (Å²) in [5.74, 6) is 0.754. The second-order valence-corrected chi connectivity index (χ2v) is 3.51. The molecule has 16 heavy (non-hydrogen) atoms. The van der Waals surface area contributed by atoms with Gasteiger partial charge in [0.1, 0.15) is 5.69 Å². The molecular weight excluding hydrogens is 204 g/mol. The van der Waals surface area contributed by atoms with Crippen molar-refractivity contribution in [3.63, 3.8) is 0 Å². The molecule has 0 aliphatic carbocycles. The van der Waals surface area contributed by atoms with E-state index in [-0.39, 0.29) is 6.61 Å². The van der Waals surface area contributed by atoms with E-state index in [0.717, 1.165) is 17.2 Å². The van der Waals surface area contributed by atoms with Gasteiger partial charge in [0.15, 0.2) is 5.82 Å². The van der Waals surface area contributed by atoms with Crippen molar-refractivity contribution in [1.82, 2.24) is 15.2 Å². The predicted octanol–water partition coefficient (Wildman–Crippen LogP) is 0.900. The van der Waals surface area contributed by atoms with Gasteiger partial charge >= 0.3 is 0 Å². The highest BCUT2D eigenvalue weighted by atomic mass is 16.3. The van der Waals surface area contributed by atoms with Gasteiger partial charge in [0.05, 0.1) is 12.3 Å². The number of anilines is 1. The first-order valence-corrected chi connectivity index (χ1v) is 5.11. The van der Waals surface area contributed by atoms with Crippen LogP contribution >= 0.6 is 0 Å².